The predicted octanol–water partition coefficient (Wildman–Crippen LogP) is 3.42. The second-order valence-electron chi connectivity index (χ2n) is 11.7. The largest absolute Gasteiger partial charge is 0.481 e. The fourth-order valence-corrected chi connectivity index (χ4v) is 4.99. The van der Waals surface area contributed by atoms with E-state index in [4.69, 9.17) is 31.9 Å². The minimum atomic E-state index is -1.63. The van der Waals surface area contributed by atoms with Crippen LogP contribution in [-0.4, -0.2) is 91.4 Å². The predicted molar refractivity (Wildman–Crippen MR) is 177 cm³/mol. The van der Waals surface area contributed by atoms with Crippen LogP contribution in [0.25, 0.3) is 0 Å². The Bertz CT molecular complexity index is 1190. The molecule has 8 N–H and O–H groups in total. The van der Waals surface area contributed by atoms with E-state index in [0.717, 1.165) is 5.57 Å². The molecule has 1 unspecified atom stereocenters. The molecule has 0 saturated heterocycles. The highest BCUT2D eigenvalue weighted by atomic mass is 35.5. The van der Waals surface area contributed by atoms with Crippen LogP contribution in [0.1, 0.15) is 59.8 Å². The summed E-state index contributed by atoms with van der Waals surface area (Å²) in [5, 5.41) is 61.7. The molecule has 0 aromatic rings. The van der Waals surface area contributed by atoms with E-state index in [1.165, 1.54) is 18.2 Å². The van der Waals surface area contributed by atoms with Crippen LogP contribution in [0.2, 0.25) is 0 Å². The zero-order valence-corrected chi connectivity index (χ0v) is 28.0. The molecule has 1 aliphatic carbocycles. The number of amides is 1. The topological polar surface area (TPSA) is 217 Å². The number of aliphatic carboxylic acids is 1. The number of ether oxygens (including phenoxy) is 2. The Morgan fingerprint density at radius 3 is 2.21 bits per heavy atom. The minimum Gasteiger partial charge on any atom is -0.481 e. The summed E-state index contributed by atoms with van der Waals surface area (Å²) in [6, 6.07) is 0. The molecule has 0 aliphatic heterocycles. The molecule has 0 spiro atoms. The Hall–Kier alpha value is -3.26. The monoisotopic (exact) mass is 683 g/mol. The Kier molecular flexibility index (Phi) is 19.2. The molecular formula is C34H50ClNO11. The number of primary amides is 1. The van der Waals surface area contributed by atoms with E-state index < -0.39 is 78.5 Å². The lowest BCUT2D eigenvalue weighted by Crippen LogP contribution is -2.44. The summed E-state index contributed by atoms with van der Waals surface area (Å²) in [5.74, 6) is -3.74. The van der Waals surface area contributed by atoms with Gasteiger partial charge in [0.15, 0.2) is 0 Å². The second-order valence-corrected chi connectivity index (χ2v) is 12.1. The van der Waals surface area contributed by atoms with Crippen molar-refractivity contribution in [3.05, 3.63) is 71.4 Å². The lowest BCUT2D eigenvalue weighted by atomic mass is 9.85. The highest BCUT2D eigenvalue weighted by Gasteiger charge is 2.36. The Morgan fingerprint density at radius 1 is 0.957 bits per heavy atom. The molecule has 0 aromatic carbocycles. The molecule has 0 heterocycles. The van der Waals surface area contributed by atoms with Crippen molar-refractivity contribution in [1.29, 1.82) is 0 Å². The van der Waals surface area contributed by atoms with Crippen LogP contribution in [0.3, 0.4) is 0 Å². The van der Waals surface area contributed by atoms with Crippen LogP contribution in [0.5, 0.6) is 0 Å². The van der Waals surface area contributed by atoms with E-state index in [1.807, 2.05) is 13.8 Å². The number of halogens is 1. The van der Waals surface area contributed by atoms with Gasteiger partial charge in [-0.05, 0) is 38.3 Å². The Balaban J connectivity index is 2.65. The van der Waals surface area contributed by atoms with Gasteiger partial charge in [0.25, 0.3) is 0 Å². The first kappa shape index (κ1) is 41.8. The number of aliphatic hydroxyl groups excluding tert-OH is 5. The number of carboxylic acid groups (broad SMARTS) is 1. The van der Waals surface area contributed by atoms with Gasteiger partial charge >= 0.3 is 18.0 Å². The number of hydrogen-bond acceptors (Lipinski definition) is 10. The maximum atomic E-state index is 12.1. The molecule has 1 aliphatic rings. The molecule has 264 valence electrons. The lowest BCUT2D eigenvalue weighted by molar-refractivity contribution is -0.159. The van der Waals surface area contributed by atoms with Gasteiger partial charge in [-0.1, -0.05) is 80.5 Å². The SMILES string of the molecule is CC/C=C/[C@@H](OC(N)=O)[C@@H](C)[C@H](O)CC(O)[C@@H](O)[C@H](O)[C@H](C)/C(Cl)=C/C=C/C=C(C)/C=C/C=C/C(=O)O[C@@H]1C[C@@H](C(=O)O)CC[C@@H]1O. The van der Waals surface area contributed by atoms with E-state index >= 15 is 0 Å². The maximum absolute atomic E-state index is 12.1. The number of esters is 1. The lowest BCUT2D eigenvalue weighted by Gasteiger charge is -2.31. The smallest absolute Gasteiger partial charge is 0.405 e. The van der Waals surface area contributed by atoms with E-state index in [9.17, 15) is 39.9 Å². The van der Waals surface area contributed by atoms with Crippen molar-refractivity contribution >= 4 is 29.6 Å². The van der Waals surface area contributed by atoms with Crippen molar-refractivity contribution in [2.45, 2.75) is 103 Å². The Morgan fingerprint density at radius 2 is 1.60 bits per heavy atom. The van der Waals surface area contributed by atoms with Gasteiger partial charge in [-0.3, -0.25) is 4.79 Å². The van der Waals surface area contributed by atoms with E-state index in [2.05, 4.69) is 0 Å². The van der Waals surface area contributed by atoms with E-state index in [1.54, 1.807) is 56.4 Å². The van der Waals surface area contributed by atoms with Crippen molar-refractivity contribution in [3.8, 4) is 0 Å². The number of carbonyl (C=O) groups excluding carboxylic acids is 2. The second kappa shape index (κ2) is 21.6. The normalized spacial score (nSPS) is 24.3. The summed E-state index contributed by atoms with van der Waals surface area (Å²) >= 11 is 6.33. The average molecular weight is 684 g/mol. The van der Waals surface area contributed by atoms with Gasteiger partial charge in [-0.25, -0.2) is 9.59 Å². The van der Waals surface area contributed by atoms with Crippen LogP contribution in [0, 0.1) is 17.8 Å². The maximum Gasteiger partial charge on any atom is 0.405 e. The molecule has 0 radical (unpaired) electrons. The van der Waals surface area contributed by atoms with Crippen LogP contribution < -0.4 is 5.73 Å². The third kappa shape index (κ3) is 15.5. The van der Waals surface area contributed by atoms with Gasteiger partial charge in [0, 0.05) is 35.8 Å². The van der Waals surface area contributed by atoms with Crippen LogP contribution in [-0.2, 0) is 19.1 Å². The Labute approximate surface area is 281 Å². The fourth-order valence-electron chi connectivity index (χ4n) is 4.79. The standard InChI is InChI=1S/C34H50ClNO11/c1-5-6-14-28(47-34(36)45)22(4)26(38)19-27(39)32(42)31(41)21(3)24(35)13-9-7-11-20(2)12-8-10-15-30(40)46-29-18-23(33(43)44)16-17-25(29)37/h6-15,21-23,25-29,31-32,37-39,41-42H,5,16-19H2,1-4H3,(H2,36,45)(H,43,44)/b9-7+,12-8+,14-6+,15-10+,20-11+,24-13-/t21-,22+,23+,25+,26-,27?,28-,29-,31-,32-/m1/s1. The molecule has 13 heteroatoms. The van der Waals surface area contributed by atoms with Crippen molar-refractivity contribution in [2.24, 2.45) is 23.5 Å². The first-order valence-corrected chi connectivity index (χ1v) is 16.0. The van der Waals surface area contributed by atoms with Crippen molar-refractivity contribution in [2.75, 3.05) is 0 Å². The van der Waals surface area contributed by atoms with Crippen molar-refractivity contribution < 1.29 is 54.5 Å². The van der Waals surface area contributed by atoms with Crippen molar-refractivity contribution in [1.82, 2.24) is 0 Å². The van der Waals surface area contributed by atoms with Gasteiger partial charge < -0.3 is 45.8 Å². The molecule has 1 saturated carbocycles. The summed E-state index contributed by atoms with van der Waals surface area (Å²) in [4.78, 5) is 34.5. The molecule has 0 bridgehead atoms. The number of rotatable bonds is 18. The zero-order valence-electron chi connectivity index (χ0n) is 27.3. The molecule has 1 rings (SSSR count). The molecule has 12 nitrogen and oxygen atoms in total. The molecular weight excluding hydrogens is 634 g/mol. The first-order chi connectivity index (χ1) is 22.1. The summed E-state index contributed by atoms with van der Waals surface area (Å²) in [7, 11) is 0. The first-order valence-electron chi connectivity index (χ1n) is 15.6. The number of aliphatic hydroxyl groups is 5. The molecule has 1 fully saturated rings. The van der Waals surface area contributed by atoms with Gasteiger partial charge in [-0.15, -0.1) is 0 Å². The molecule has 1 amide bonds. The van der Waals surface area contributed by atoms with Gasteiger partial charge in [0.2, 0.25) is 0 Å². The van der Waals surface area contributed by atoms with E-state index in [-0.39, 0.29) is 24.3 Å². The molecule has 0 aromatic heterocycles. The quantitative estimate of drug-likeness (QED) is 0.0481. The number of allylic oxidation sites excluding steroid dienone is 9. The summed E-state index contributed by atoms with van der Waals surface area (Å²) in [6.07, 6.45) is 7.48. The highest BCUT2D eigenvalue weighted by molar-refractivity contribution is 6.30. The number of nitrogens with two attached hydrogens (primary N) is 1. The molecule has 10 atom stereocenters. The van der Waals surface area contributed by atoms with Crippen molar-refractivity contribution in [3.63, 3.8) is 0 Å². The number of hydrogen-bond donors (Lipinski definition) is 7. The van der Waals surface area contributed by atoms with E-state index in [0.29, 0.717) is 12.8 Å². The zero-order chi connectivity index (χ0) is 35.7. The van der Waals surface area contributed by atoms with Crippen LogP contribution in [0.15, 0.2) is 71.4 Å². The summed E-state index contributed by atoms with van der Waals surface area (Å²) < 4.78 is 10.3. The number of carboxylic acids is 1. The average Bonchev–Trinajstić information content (AvgIpc) is 3.02. The van der Waals surface area contributed by atoms with Gasteiger partial charge in [0.1, 0.15) is 18.3 Å². The van der Waals surface area contributed by atoms with Crippen LogP contribution in [0.4, 0.5) is 4.79 Å². The fraction of sp³-hybridized carbons (Fsp3) is 0.559. The van der Waals surface area contributed by atoms with Gasteiger partial charge in [-0.2, -0.15) is 0 Å². The third-order valence-electron chi connectivity index (χ3n) is 7.92. The summed E-state index contributed by atoms with van der Waals surface area (Å²) in [5.41, 5.74) is 5.93. The third-order valence-corrected chi connectivity index (χ3v) is 8.39. The van der Waals surface area contributed by atoms with Gasteiger partial charge in [0.05, 0.1) is 30.3 Å². The molecule has 47 heavy (non-hydrogen) atoms. The minimum absolute atomic E-state index is 0.0665. The van der Waals surface area contributed by atoms with Crippen LogP contribution >= 0.6 is 11.6 Å². The highest BCUT2D eigenvalue weighted by Crippen LogP contribution is 2.28. The summed E-state index contributed by atoms with van der Waals surface area (Å²) in [6.45, 7) is 6.86. The number of carbonyl (C=O) groups is 3.